The Labute approximate surface area is 120 Å². The number of aliphatic imine (C=N–C) groups is 1. The number of nitrogens with one attached hydrogen (secondary N) is 1. The van der Waals surface area contributed by atoms with E-state index in [2.05, 4.69) is 33.0 Å². The van der Waals surface area contributed by atoms with Crippen molar-refractivity contribution in [1.82, 2.24) is 5.32 Å². The highest BCUT2D eigenvalue weighted by Crippen LogP contribution is 2.35. The van der Waals surface area contributed by atoms with Crippen LogP contribution in [-0.4, -0.2) is 23.5 Å². The Bertz CT molecular complexity index is 495. The van der Waals surface area contributed by atoms with Crippen molar-refractivity contribution in [3.8, 4) is 5.75 Å². The monoisotopic (exact) mass is 328 g/mol. The van der Waals surface area contributed by atoms with Crippen molar-refractivity contribution in [1.29, 1.82) is 0 Å². The van der Waals surface area contributed by atoms with Gasteiger partial charge in [0.1, 0.15) is 11.3 Å². The number of nitrogens with zero attached hydrogens (tertiary/aromatic N) is 1. The van der Waals surface area contributed by atoms with Crippen molar-refractivity contribution in [2.75, 3.05) is 0 Å². The number of carbonyl (C=O) groups excluding carboxylic acids is 1. The number of amides is 1. The first-order chi connectivity index (χ1) is 8.73. The molecule has 0 unspecified atom stereocenters. The minimum atomic E-state index is -0.534. The summed E-state index contributed by atoms with van der Waals surface area (Å²) in [6.07, 6.45) is -0.496. The molecule has 0 heterocycles. The highest BCUT2D eigenvalue weighted by atomic mass is 79.9. The second-order valence-electron chi connectivity index (χ2n) is 4.96. The molecule has 0 aromatic heterocycles. The first-order valence-corrected chi connectivity index (χ1v) is 6.47. The van der Waals surface area contributed by atoms with E-state index in [4.69, 9.17) is 4.74 Å². The molecule has 2 N–H and O–H groups in total. The summed E-state index contributed by atoms with van der Waals surface area (Å²) in [5, 5.41) is 12.3. The zero-order chi connectivity index (χ0) is 14.6. The lowest BCUT2D eigenvalue weighted by atomic mass is 10.2. The van der Waals surface area contributed by atoms with E-state index in [1.165, 1.54) is 0 Å². The van der Waals surface area contributed by atoms with E-state index in [-0.39, 0.29) is 12.3 Å². The van der Waals surface area contributed by atoms with Crippen LogP contribution in [0.15, 0.2) is 21.6 Å². The molecule has 6 heteroatoms. The van der Waals surface area contributed by atoms with Gasteiger partial charge in [-0.3, -0.25) is 4.99 Å². The van der Waals surface area contributed by atoms with Gasteiger partial charge >= 0.3 is 6.09 Å². The number of aromatic hydroxyl groups is 1. The molecule has 0 radical (unpaired) electrons. The number of hydrogen-bond donors (Lipinski definition) is 2. The average molecular weight is 329 g/mol. The van der Waals surface area contributed by atoms with E-state index >= 15 is 0 Å². The minimum absolute atomic E-state index is 0.0241. The molecule has 0 bridgehead atoms. The molecule has 1 aromatic rings. The van der Waals surface area contributed by atoms with Crippen molar-refractivity contribution < 1.29 is 14.6 Å². The Morgan fingerprint density at radius 3 is 2.68 bits per heavy atom. The number of alkyl carbamates (subject to hydrolysis) is 1. The Hall–Kier alpha value is -1.56. The largest absolute Gasteiger partial charge is 0.505 e. The standard InChI is InChI=1S/C13H17BrN2O3/c1-13(2,3)19-12(18)16-7-8-5-9(14)11(17)10(6-8)15-4/h5-6,17H,4,7H2,1-3H3,(H,16,18). The van der Waals surface area contributed by atoms with Gasteiger partial charge in [0.05, 0.1) is 4.47 Å². The van der Waals surface area contributed by atoms with Gasteiger partial charge < -0.3 is 15.2 Å². The molecule has 0 fully saturated rings. The number of hydrogen-bond acceptors (Lipinski definition) is 4. The summed E-state index contributed by atoms with van der Waals surface area (Å²) < 4.78 is 5.62. The topological polar surface area (TPSA) is 70.9 Å². The van der Waals surface area contributed by atoms with Crippen LogP contribution in [0.2, 0.25) is 0 Å². The van der Waals surface area contributed by atoms with Gasteiger partial charge in [-0.25, -0.2) is 4.79 Å². The lowest BCUT2D eigenvalue weighted by molar-refractivity contribution is 0.0523. The molecule has 0 atom stereocenters. The molecule has 0 saturated heterocycles. The maximum absolute atomic E-state index is 11.5. The molecular formula is C13H17BrN2O3. The van der Waals surface area contributed by atoms with Gasteiger partial charge in [0.25, 0.3) is 0 Å². The van der Waals surface area contributed by atoms with E-state index in [1.807, 2.05) is 0 Å². The summed E-state index contributed by atoms with van der Waals surface area (Å²) in [7, 11) is 0. The second-order valence-corrected chi connectivity index (χ2v) is 5.81. The Balaban J connectivity index is 2.71. The van der Waals surface area contributed by atoms with E-state index in [0.29, 0.717) is 10.2 Å². The van der Waals surface area contributed by atoms with Crippen LogP contribution >= 0.6 is 15.9 Å². The van der Waals surface area contributed by atoms with Crippen molar-refractivity contribution in [2.45, 2.75) is 32.9 Å². The van der Waals surface area contributed by atoms with Crippen molar-refractivity contribution in [3.63, 3.8) is 0 Å². The second kappa shape index (κ2) is 6.06. The normalized spacial score (nSPS) is 10.9. The zero-order valence-corrected chi connectivity index (χ0v) is 12.7. The minimum Gasteiger partial charge on any atom is -0.505 e. The van der Waals surface area contributed by atoms with Crippen LogP contribution in [0, 0.1) is 0 Å². The van der Waals surface area contributed by atoms with E-state index in [1.54, 1.807) is 32.9 Å². The molecular weight excluding hydrogens is 312 g/mol. The van der Waals surface area contributed by atoms with Gasteiger partial charge in [0, 0.05) is 6.54 Å². The van der Waals surface area contributed by atoms with Crippen LogP contribution in [0.4, 0.5) is 10.5 Å². The molecule has 1 amide bonds. The Morgan fingerprint density at radius 2 is 2.16 bits per heavy atom. The summed E-state index contributed by atoms with van der Waals surface area (Å²) >= 11 is 3.21. The van der Waals surface area contributed by atoms with Crippen molar-refractivity contribution in [2.24, 2.45) is 4.99 Å². The molecule has 1 aromatic carbocycles. The van der Waals surface area contributed by atoms with Gasteiger partial charge in [-0.15, -0.1) is 0 Å². The fourth-order valence-electron chi connectivity index (χ4n) is 1.35. The maximum atomic E-state index is 11.5. The molecule has 0 aliphatic rings. The number of carbonyl (C=O) groups is 1. The predicted molar refractivity (Wildman–Crippen MR) is 78.1 cm³/mol. The maximum Gasteiger partial charge on any atom is 0.407 e. The number of halogens is 1. The van der Waals surface area contributed by atoms with Crippen LogP contribution < -0.4 is 5.32 Å². The molecule has 0 spiro atoms. The number of phenolic OH excluding ortho intramolecular Hbond substituents is 1. The van der Waals surface area contributed by atoms with Gasteiger partial charge in [-0.2, -0.15) is 0 Å². The van der Waals surface area contributed by atoms with E-state index in [9.17, 15) is 9.90 Å². The molecule has 5 nitrogen and oxygen atoms in total. The number of ether oxygens (including phenoxy) is 1. The van der Waals surface area contributed by atoms with Gasteiger partial charge in [0.15, 0.2) is 5.75 Å². The molecule has 0 saturated carbocycles. The molecule has 104 valence electrons. The first-order valence-electron chi connectivity index (χ1n) is 5.68. The summed E-state index contributed by atoms with van der Waals surface area (Å²) in [5.74, 6) is 0.0241. The van der Waals surface area contributed by atoms with Crippen LogP contribution in [0.3, 0.4) is 0 Å². The summed E-state index contributed by atoms with van der Waals surface area (Å²) in [6, 6.07) is 3.34. The Kier molecular flexibility index (Phi) is 4.94. The van der Waals surface area contributed by atoms with E-state index in [0.717, 1.165) is 5.56 Å². The first kappa shape index (κ1) is 15.5. The SMILES string of the molecule is C=Nc1cc(CNC(=O)OC(C)(C)C)cc(Br)c1O. The van der Waals surface area contributed by atoms with Crippen LogP contribution in [0.25, 0.3) is 0 Å². The average Bonchev–Trinajstić information content (AvgIpc) is 2.28. The van der Waals surface area contributed by atoms with Crippen molar-refractivity contribution >= 4 is 34.4 Å². The third-order valence-corrected chi connectivity index (χ3v) is 2.71. The zero-order valence-electron chi connectivity index (χ0n) is 11.2. The fourth-order valence-corrected chi connectivity index (χ4v) is 1.85. The Morgan fingerprint density at radius 1 is 1.53 bits per heavy atom. The molecule has 19 heavy (non-hydrogen) atoms. The fraction of sp³-hybridized carbons (Fsp3) is 0.385. The number of rotatable bonds is 3. The third kappa shape index (κ3) is 4.90. The van der Waals surface area contributed by atoms with Crippen LogP contribution in [0.1, 0.15) is 26.3 Å². The van der Waals surface area contributed by atoms with Crippen LogP contribution in [-0.2, 0) is 11.3 Å². The summed E-state index contributed by atoms with van der Waals surface area (Å²) in [5.41, 5.74) is 0.598. The van der Waals surface area contributed by atoms with Crippen LogP contribution in [0.5, 0.6) is 5.75 Å². The smallest absolute Gasteiger partial charge is 0.407 e. The van der Waals surface area contributed by atoms with E-state index < -0.39 is 11.7 Å². The van der Waals surface area contributed by atoms with Gasteiger partial charge in [-0.1, -0.05) is 0 Å². The number of phenols is 1. The molecule has 0 aliphatic carbocycles. The lowest BCUT2D eigenvalue weighted by Gasteiger charge is -2.19. The quantitative estimate of drug-likeness (QED) is 0.834. The van der Waals surface area contributed by atoms with Crippen molar-refractivity contribution in [3.05, 3.63) is 22.2 Å². The number of benzene rings is 1. The summed E-state index contributed by atoms with van der Waals surface area (Å²) in [4.78, 5) is 15.2. The lowest BCUT2D eigenvalue weighted by Crippen LogP contribution is -2.32. The molecule has 1 rings (SSSR count). The summed E-state index contributed by atoms with van der Waals surface area (Å²) in [6.45, 7) is 9.03. The third-order valence-electron chi connectivity index (χ3n) is 2.11. The van der Waals surface area contributed by atoms with Gasteiger partial charge in [0.2, 0.25) is 0 Å². The highest BCUT2D eigenvalue weighted by molar-refractivity contribution is 9.10. The predicted octanol–water partition coefficient (Wildman–Crippen LogP) is 3.51. The highest BCUT2D eigenvalue weighted by Gasteiger charge is 2.16. The molecule has 0 aliphatic heterocycles. The van der Waals surface area contributed by atoms with Gasteiger partial charge in [-0.05, 0) is 61.1 Å².